The zero-order valence-corrected chi connectivity index (χ0v) is 14.5. The van der Waals surface area contributed by atoms with E-state index >= 15 is 0 Å². The second-order valence-electron chi connectivity index (χ2n) is 6.38. The normalized spacial score (nSPS) is 12.5. The summed E-state index contributed by atoms with van der Waals surface area (Å²) in [7, 11) is 0. The van der Waals surface area contributed by atoms with Gasteiger partial charge in [0.25, 0.3) is 5.91 Å². The number of esters is 1. The summed E-state index contributed by atoms with van der Waals surface area (Å²) in [6, 6.07) is 8.47. The first kappa shape index (κ1) is 19.4. The van der Waals surface area contributed by atoms with E-state index in [1.54, 1.807) is 6.08 Å². The second-order valence-corrected chi connectivity index (χ2v) is 6.38. The highest BCUT2D eigenvalue weighted by molar-refractivity contribution is 5.94. The Hall–Kier alpha value is -2.63. The van der Waals surface area contributed by atoms with Crippen molar-refractivity contribution < 1.29 is 19.1 Å². The van der Waals surface area contributed by atoms with E-state index in [1.165, 1.54) is 13.0 Å². The zero-order valence-electron chi connectivity index (χ0n) is 14.5. The third kappa shape index (κ3) is 8.12. The fraction of sp³-hybridized carbons (Fsp3) is 0.389. The average Bonchev–Trinajstić information content (AvgIpc) is 2.50. The van der Waals surface area contributed by atoms with Gasteiger partial charge in [-0.1, -0.05) is 30.3 Å². The maximum atomic E-state index is 11.8. The molecule has 0 radical (unpaired) electrons. The Balaban J connectivity index is 2.39. The molecule has 0 heterocycles. The first-order valence-corrected chi connectivity index (χ1v) is 7.68. The molecule has 0 spiro atoms. The first-order valence-electron chi connectivity index (χ1n) is 7.68. The van der Waals surface area contributed by atoms with Gasteiger partial charge in [-0.2, -0.15) is 0 Å². The molecule has 6 nitrogen and oxygen atoms in total. The third-order valence-electron chi connectivity index (χ3n) is 2.80. The number of rotatable bonds is 6. The van der Waals surface area contributed by atoms with Crippen LogP contribution in [-0.4, -0.2) is 36.0 Å². The molecule has 1 aromatic rings. The maximum absolute atomic E-state index is 11.8. The molecule has 130 valence electrons. The number of carbonyl (C=O) groups excluding carboxylic acids is 3. The minimum absolute atomic E-state index is 0.379. The smallest absolute Gasteiger partial charge is 0.328 e. The van der Waals surface area contributed by atoms with E-state index in [0.29, 0.717) is 0 Å². The summed E-state index contributed by atoms with van der Waals surface area (Å²) in [5.41, 5.74) is 0.479. The molecule has 6 heteroatoms. The van der Waals surface area contributed by atoms with Gasteiger partial charge in [-0.15, -0.1) is 0 Å². The van der Waals surface area contributed by atoms with Gasteiger partial charge < -0.3 is 15.4 Å². The van der Waals surface area contributed by atoms with E-state index in [9.17, 15) is 14.4 Å². The van der Waals surface area contributed by atoms with E-state index in [2.05, 4.69) is 10.6 Å². The third-order valence-corrected chi connectivity index (χ3v) is 2.80. The van der Waals surface area contributed by atoms with E-state index in [-0.39, 0.29) is 6.61 Å². The van der Waals surface area contributed by atoms with E-state index in [4.69, 9.17) is 4.74 Å². The largest absolute Gasteiger partial charge is 0.454 e. The Morgan fingerprint density at radius 2 is 1.79 bits per heavy atom. The van der Waals surface area contributed by atoms with E-state index in [1.807, 2.05) is 51.1 Å². The van der Waals surface area contributed by atoms with Crippen LogP contribution >= 0.6 is 0 Å². The molecular weight excluding hydrogens is 308 g/mol. The minimum Gasteiger partial charge on any atom is -0.454 e. The second kappa shape index (κ2) is 8.86. The van der Waals surface area contributed by atoms with Crippen LogP contribution in [0, 0.1) is 0 Å². The fourth-order valence-corrected chi connectivity index (χ4v) is 1.77. The summed E-state index contributed by atoms with van der Waals surface area (Å²) in [6.45, 7) is 6.60. The number of carbonyl (C=O) groups is 3. The predicted octanol–water partition coefficient (Wildman–Crippen LogP) is 1.66. The quantitative estimate of drug-likeness (QED) is 0.613. The van der Waals surface area contributed by atoms with Crippen molar-refractivity contribution in [3.8, 4) is 0 Å². The lowest BCUT2D eigenvalue weighted by molar-refractivity contribution is -0.151. The van der Waals surface area contributed by atoms with Crippen molar-refractivity contribution in [1.29, 1.82) is 0 Å². The molecule has 0 aliphatic rings. The maximum Gasteiger partial charge on any atom is 0.328 e. The van der Waals surface area contributed by atoms with Crippen molar-refractivity contribution in [3.05, 3.63) is 42.0 Å². The molecule has 1 atom stereocenters. The Morgan fingerprint density at radius 3 is 2.38 bits per heavy atom. The summed E-state index contributed by atoms with van der Waals surface area (Å²) < 4.78 is 4.89. The monoisotopic (exact) mass is 332 g/mol. The number of amides is 2. The molecule has 1 aromatic carbocycles. The summed E-state index contributed by atoms with van der Waals surface area (Å²) in [5, 5.41) is 5.17. The summed E-state index contributed by atoms with van der Waals surface area (Å²) >= 11 is 0. The molecule has 24 heavy (non-hydrogen) atoms. The summed E-state index contributed by atoms with van der Waals surface area (Å²) in [5.74, 6) is -1.47. The predicted molar refractivity (Wildman–Crippen MR) is 91.9 cm³/mol. The van der Waals surface area contributed by atoms with E-state index in [0.717, 1.165) is 5.56 Å². The highest BCUT2D eigenvalue weighted by Crippen LogP contribution is 2.01. The molecule has 0 aliphatic carbocycles. The van der Waals surface area contributed by atoms with Crippen molar-refractivity contribution in [3.63, 3.8) is 0 Å². The molecule has 2 amide bonds. The Kier molecular flexibility index (Phi) is 7.17. The van der Waals surface area contributed by atoms with Crippen LogP contribution in [-0.2, 0) is 19.1 Å². The van der Waals surface area contributed by atoms with Crippen LogP contribution in [0.4, 0.5) is 0 Å². The lowest BCUT2D eigenvalue weighted by atomic mass is 10.1. The van der Waals surface area contributed by atoms with Gasteiger partial charge in [-0.05, 0) is 39.3 Å². The number of nitrogens with one attached hydrogen (secondary N) is 2. The minimum atomic E-state index is -0.847. The molecule has 0 fully saturated rings. The van der Waals surface area contributed by atoms with Crippen LogP contribution in [0.25, 0.3) is 6.08 Å². The van der Waals surface area contributed by atoms with Crippen molar-refractivity contribution in [2.75, 3.05) is 6.61 Å². The van der Waals surface area contributed by atoms with Crippen LogP contribution in [0.2, 0.25) is 0 Å². The molecule has 0 saturated heterocycles. The van der Waals surface area contributed by atoms with E-state index < -0.39 is 29.4 Å². The highest BCUT2D eigenvalue weighted by atomic mass is 16.5. The number of hydrogen-bond donors (Lipinski definition) is 2. The first-order chi connectivity index (χ1) is 11.2. The lowest BCUT2D eigenvalue weighted by Gasteiger charge is -2.20. The van der Waals surface area contributed by atoms with Crippen LogP contribution in [0.15, 0.2) is 36.4 Å². The van der Waals surface area contributed by atoms with Gasteiger partial charge in [0, 0.05) is 11.6 Å². The summed E-state index contributed by atoms with van der Waals surface area (Å²) in [6.07, 6.45) is 2.98. The van der Waals surface area contributed by atoms with Crippen LogP contribution in [0.5, 0.6) is 0 Å². The average molecular weight is 332 g/mol. The van der Waals surface area contributed by atoms with Gasteiger partial charge in [-0.3, -0.25) is 9.59 Å². The summed E-state index contributed by atoms with van der Waals surface area (Å²) in [4.78, 5) is 35.1. The lowest BCUT2D eigenvalue weighted by Crippen LogP contribution is -2.44. The van der Waals surface area contributed by atoms with Crippen molar-refractivity contribution in [2.45, 2.75) is 39.3 Å². The molecule has 0 saturated carbocycles. The molecular formula is C18H24N2O4. The zero-order chi connectivity index (χ0) is 18.2. The molecule has 0 aliphatic heterocycles. The molecule has 1 rings (SSSR count). The standard InChI is InChI=1S/C18H24N2O4/c1-13(17(23)24-12-16(22)20-18(2,3)4)19-15(21)11-10-14-8-6-5-7-9-14/h5-11,13H,12H2,1-4H3,(H,19,21)(H,20,22)/b11-10+/t13-/m0/s1. The van der Waals surface area contributed by atoms with Crippen molar-refractivity contribution in [1.82, 2.24) is 10.6 Å². The molecule has 0 aromatic heterocycles. The van der Waals surface area contributed by atoms with Gasteiger partial charge in [0.1, 0.15) is 6.04 Å². The Morgan fingerprint density at radius 1 is 1.17 bits per heavy atom. The Bertz CT molecular complexity index is 603. The number of benzene rings is 1. The topological polar surface area (TPSA) is 84.5 Å². The Labute approximate surface area is 142 Å². The SMILES string of the molecule is C[C@H](NC(=O)/C=C/c1ccccc1)C(=O)OCC(=O)NC(C)(C)C. The van der Waals surface area contributed by atoms with Gasteiger partial charge in [0.15, 0.2) is 6.61 Å². The fourth-order valence-electron chi connectivity index (χ4n) is 1.77. The highest BCUT2D eigenvalue weighted by Gasteiger charge is 2.19. The van der Waals surface area contributed by atoms with Gasteiger partial charge in [0.05, 0.1) is 0 Å². The van der Waals surface area contributed by atoms with Crippen LogP contribution in [0.3, 0.4) is 0 Å². The molecule has 0 bridgehead atoms. The van der Waals surface area contributed by atoms with Gasteiger partial charge >= 0.3 is 5.97 Å². The van der Waals surface area contributed by atoms with Gasteiger partial charge in [-0.25, -0.2) is 4.79 Å². The molecule has 2 N–H and O–H groups in total. The van der Waals surface area contributed by atoms with Gasteiger partial charge in [0.2, 0.25) is 5.91 Å². The number of ether oxygens (including phenoxy) is 1. The van der Waals surface area contributed by atoms with Crippen molar-refractivity contribution >= 4 is 23.9 Å². The van der Waals surface area contributed by atoms with Crippen molar-refractivity contribution in [2.24, 2.45) is 0 Å². The van der Waals surface area contributed by atoms with Crippen LogP contribution < -0.4 is 10.6 Å². The number of hydrogen-bond acceptors (Lipinski definition) is 4. The van der Waals surface area contributed by atoms with Crippen LogP contribution in [0.1, 0.15) is 33.3 Å². The molecule has 0 unspecified atom stereocenters.